The zero-order valence-corrected chi connectivity index (χ0v) is 16.8. The van der Waals surface area contributed by atoms with Crippen molar-refractivity contribution in [3.05, 3.63) is 53.6 Å². The predicted molar refractivity (Wildman–Crippen MR) is 109 cm³/mol. The number of hydrogen-bond acceptors (Lipinski definition) is 6. The molecule has 2 N–H and O–H groups in total. The first-order valence-electron chi connectivity index (χ1n) is 9.10. The summed E-state index contributed by atoms with van der Waals surface area (Å²) in [7, 11) is 0. The zero-order chi connectivity index (χ0) is 21.7. The molecule has 0 atom stereocenters. The lowest BCUT2D eigenvalue weighted by atomic mass is 10.2. The normalized spacial score (nSPS) is 14.2. The first-order chi connectivity index (χ1) is 14.4. The van der Waals surface area contributed by atoms with Crippen LogP contribution in [0.1, 0.15) is 18.9 Å². The molecule has 1 heterocycles. The number of amides is 2. The van der Waals surface area contributed by atoms with Crippen LogP contribution in [0.2, 0.25) is 0 Å². The van der Waals surface area contributed by atoms with Gasteiger partial charge in [-0.15, -0.1) is 0 Å². The number of aromatic hydroxyl groups is 1. The number of thioether (sulfide) groups is 1. The number of phenolic OH excluding ortho intramolecular Hbond substituents is 1. The predicted octanol–water partition coefficient (Wildman–Crippen LogP) is 3.49. The van der Waals surface area contributed by atoms with E-state index in [-0.39, 0.29) is 41.1 Å². The van der Waals surface area contributed by atoms with Crippen LogP contribution in [0.3, 0.4) is 0 Å². The Bertz CT molecular complexity index is 1000. The van der Waals surface area contributed by atoms with E-state index >= 15 is 0 Å². The van der Waals surface area contributed by atoms with Crippen LogP contribution in [-0.2, 0) is 16.1 Å². The summed E-state index contributed by atoms with van der Waals surface area (Å²) in [6.45, 7) is 2.20. The Labute approximate surface area is 175 Å². The molecule has 0 saturated heterocycles. The fourth-order valence-corrected chi connectivity index (χ4v) is 3.47. The van der Waals surface area contributed by atoms with E-state index in [4.69, 9.17) is 4.74 Å². The fourth-order valence-electron chi connectivity index (χ4n) is 2.66. The third kappa shape index (κ3) is 5.26. The number of anilines is 1. The van der Waals surface area contributed by atoms with Crippen LogP contribution in [0, 0.1) is 11.6 Å². The van der Waals surface area contributed by atoms with Crippen molar-refractivity contribution < 1.29 is 28.2 Å². The van der Waals surface area contributed by atoms with Crippen molar-refractivity contribution in [1.29, 1.82) is 0 Å². The van der Waals surface area contributed by atoms with Crippen molar-refractivity contribution in [2.75, 3.05) is 17.7 Å². The Morgan fingerprint density at radius 2 is 2.10 bits per heavy atom. The number of phenols is 1. The largest absolute Gasteiger partial charge is 0.504 e. The lowest BCUT2D eigenvalue weighted by Gasteiger charge is -2.17. The average Bonchev–Trinajstić information content (AvgIpc) is 2.88. The van der Waals surface area contributed by atoms with Gasteiger partial charge in [0.2, 0.25) is 5.91 Å². The number of carbonyl (C=O) groups is 2. The van der Waals surface area contributed by atoms with Gasteiger partial charge in [0.1, 0.15) is 11.6 Å². The molecule has 158 valence electrons. The van der Waals surface area contributed by atoms with E-state index in [1.54, 1.807) is 19.1 Å². The number of nitrogens with one attached hydrogen (secondary N) is 1. The zero-order valence-electron chi connectivity index (χ0n) is 16.0. The highest BCUT2D eigenvalue weighted by Crippen LogP contribution is 2.28. The molecule has 0 fully saturated rings. The van der Waals surface area contributed by atoms with Gasteiger partial charge in [-0.1, -0.05) is 17.8 Å². The first kappa shape index (κ1) is 21.6. The molecule has 0 bridgehead atoms. The molecular weight excluding hydrogens is 416 g/mol. The second kappa shape index (κ2) is 9.57. The van der Waals surface area contributed by atoms with Crippen molar-refractivity contribution in [3.63, 3.8) is 0 Å². The minimum Gasteiger partial charge on any atom is -0.504 e. The molecular formula is C20H19F2N3O4S. The Hall–Kier alpha value is -3.14. The maximum atomic E-state index is 13.8. The molecule has 0 radical (unpaired) electrons. The molecule has 0 saturated carbocycles. The molecule has 1 aliphatic heterocycles. The van der Waals surface area contributed by atoms with Gasteiger partial charge in [0.15, 0.2) is 16.5 Å². The van der Waals surface area contributed by atoms with Crippen molar-refractivity contribution in [2.45, 2.75) is 19.9 Å². The van der Waals surface area contributed by atoms with Gasteiger partial charge in [-0.3, -0.25) is 9.59 Å². The lowest BCUT2D eigenvalue weighted by molar-refractivity contribution is -0.131. The van der Waals surface area contributed by atoms with Gasteiger partial charge in [-0.2, -0.15) is 5.10 Å². The smallest absolute Gasteiger partial charge is 0.282 e. The monoisotopic (exact) mass is 435 g/mol. The molecule has 3 rings (SSSR count). The van der Waals surface area contributed by atoms with Gasteiger partial charge in [-0.25, -0.2) is 13.8 Å². The summed E-state index contributed by atoms with van der Waals surface area (Å²) >= 11 is 1.07. The third-order valence-corrected chi connectivity index (χ3v) is 5.03. The quantitative estimate of drug-likeness (QED) is 0.725. The molecule has 10 heteroatoms. The maximum Gasteiger partial charge on any atom is 0.282 e. The summed E-state index contributed by atoms with van der Waals surface area (Å²) < 4.78 is 32.2. The van der Waals surface area contributed by atoms with E-state index in [0.717, 1.165) is 28.9 Å². The molecule has 0 aliphatic carbocycles. The fraction of sp³-hybridized carbons (Fsp3) is 0.250. The van der Waals surface area contributed by atoms with Crippen molar-refractivity contribution in [2.24, 2.45) is 5.10 Å². The van der Waals surface area contributed by atoms with E-state index in [9.17, 15) is 23.5 Å². The molecule has 0 aromatic heterocycles. The van der Waals surface area contributed by atoms with Gasteiger partial charge in [-0.05, 0) is 36.8 Å². The van der Waals surface area contributed by atoms with Crippen LogP contribution in [-0.4, -0.2) is 39.3 Å². The number of hydrogen-bond donors (Lipinski definition) is 2. The Balaban J connectivity index is 1.80. The SMILES string of the molecule is CCOc1cc(CN2N=C(C(=O)Nc3ccc(F)cc3F)SCCC2=O)ccc1O. The number of ether oxygens (including phenoxy) is 1. The summed E-state index contributed by atoms with van der Waals surface area (Å²) in [6, 6.07) is 7.45. The van der Waals surface area contributed by atoms with E-state index in [1.807, 2.05) is 0 Å². The molecule has 2 aromatic carbocycles. The Morgan fingerprint density at radius 1 is 1.30 bits per heavy atom. The van der Waals surface area contributed by atoms with Crippen molar-refractivity contribution in [1.82, 2.24) is 5.01 Å². The Kier molecular flexibility index (Phi) is 6.88. The van der Waals surface area contributed by atoms with Crippen molar-refractivity contribution in [3.8, 4) is 11.5 Å². The second-order valence-corrected chi connectivity index (χ2v) is 7.35. The summed E-state index contributed by atoms with van der Waals surface area (Å²) in [5, 5.41) is 17.4. The highest BCUT2D eigenvalue weighted by atomic mass is 32.2. The van der Waals surface area contributed by atoms with Crippen LogP contribution >= 0.6 is 11.8 Å². The van der Waals surface area contributed by atoms with Crippen LogP contribution in [0.15, 0.2) is 41.5 Å². The number of rotatable bonds is 6. The molecule has 30 heavy (non-hydrogen) atoms. The van der Waals surface area contributed by atoms with Crippen LogP contribution in [0.4, 0.5) is 14.5 Å². The lowest BCUT2D eigenvalue weighted by Crippen LogP contribution is -2.27. The minimum atomic E-state index is -0.914. The summed E-state index contributed by atoms with van der Waals surface area (Å²) in [4.78, 5) is 24.9. The van der Waals surface area contributed by atoms with Crippen molar-refractivity contribution >= 4 is 34.3 Å². The number of halogens is 2. The summed E-state index contributed by atoms with van der Waals surface area (Å²) in [5.74, 6) is -2.08. The second-order valence-electron chi connectivity index (χ2n) is 6.27. The summed E-state index contributed by atoms with van der Waals surface area (Å²) in [5.41, 5.74) is 0.455. The molecule has 7 nitrogen and oxygen atoms in total. The maximum absolute atomic E-state index is 13.8. The van der Waals surface area contributed by atoms with Gasteiger partial charge < -0.3 is 15.2 Å². The van der Waals surface area contributed by atoms with E-state index in [2.05, 4.69) is 10.4 Å². The van der Waals surface area contributed by atoms with E-state index in [1.165, 1.54) is 6.07 Å². The molecule has 2 aromatic rings. The van der Waals surface area contributed by atoms with E-state index in [0.29, 0.717) is 24.0 Å². The van der Waals surface area contributed by atoms with Crippen LogP contribution in [0.5, 0.6) is 11.5 Å². The standard InChI is InChI=1S/C20H19F2N3O4S/c1-2-29-17-9-12(3-6-16(17)26)11-25-18(27)7-8-30-20(24-25)19(28)23-15-5-4-13(21)10-14(15)22/h3-6,9-10,26H,2,7-8,11H2,1H3,(H,23,28). The molecule has 2 amide bonds. The number of nitrogens with zero attached hydrogens (tertiary/aromatic N) is 2. The number of carbonyl (C=O) groups excluding carboxylic acids is 2. The summed E-state index contributed by atoms with van der Waals surface area (Å²) in [6.07, 6.45) is 0.159. The topological polar surface area (TPSA) is 91.2 Å². The number of hydrazone groups is 1. The highest BCUT2D eigenvalue weighted by molar-refractivity contribution is 8.15. The minimum absolute atomic E-state index is 0.0200. The van der Waals surface area contributed by atoms with Crippen LogP contribution < -0.4 is 10.1 Å². The number of benzene rings is 2. The first-order valence-corrected chi connectivity index (χ1v) is 10.1. The van der Waals surface area contributed by atoms with Gasteiger partial charge in [0.25, 0.3) is 5.91 Å². The molecule has 0 unspecified atom stereocenters. The molecule has 0 spiro atoms. The average molecular weight is 435 g/mol. The van der Waals surface area contributed by atoms with E-state index < -0.39 is 17.5 Å². The third-order valence-electron chi connectivity index (χ3n) is 4.08. The van der Waals surface area contributed by atoms with Gasteiger partial charge >= 0.3 is 0 Å². The Morgan fingerprint density at radius 3 is 2.83 bits per heavy atom. The van der Waals surface area contributed by atoms with Crippen LogP contribution in [0.25, 0.3) is 0 Å². The van der Waals surface area contributed by atoms with Gasteiger partial charge in [0.05, 0.1) is 18.8 Å². The highest BCUT2D eigenvalue weighted by Gasteiger charge is 2.24. The van der Waals surface area contributed by atoms with Gasteiger partial charge in [0, 0.05) is 18.2 Å². The molecule has 1 aliphatic rings.